The summed E-state index contributed by atoms with van der Waals surface area (Å²) in [5.41, 5.74) is 0. The molecule has 1 atom stereocenters. The number of carbonyl (C=O) groups is 2. The molecule has 0 aliphatic rings. The van der Waals surface area contributed by atoms with E-state index >= 15 is 0 Å². The molecule has 8 heteroatoms. The lowest BCUT2D eigenvalue weighted by atomic mass is 10.0. The largest absolute Gasteiger partial charge is 0.508 e. The zero-order valence-corrected chi connectivity index (χ0v) is 36.6. The van der Waals surface area contributed by atoms with E-state index in [-0.39, 0.29) is 25.0 Å². The molecule has 0 rings (SSSR count). The first kappa shape index (κ1) is 52.6. The van der Waals surface area contributed by atoms with E-state index in [4.69, 9.17) is 23.7 Å². The zero-order valence-electron chi connectivity index (χ0n) is 36.6. The molecule has 0 saturated heterocycles. The summed E-state index contributed by atoms with van der Waals surface area (Å²) in [6.07, 6.45) is 32.2. The van der Waals surface area contributed by atoms with Crippen molar-refractivity contribution in [1.82, 2.24) is 4.90 Å². The van der Waals surface area contributed by atoms with Gasteiger partial charge >= 0.3 is 12.1 Å². The molecule has 0 radical (unpaired) electrons. The molecule has 0 saturated carbocycles. The van der Waals surface area contributed by atoms with Gasteiger partial charge in [0.2, 0.25) is 0 Å². The highest BCUT2D eigenvalue weighted by Gasteiger charge is 2.17. The Morgan fingerprint density at radius 2 is 0.907 bits per heavy atom. The molecule has 1 unspecified atom stereocenters. The Balaban J connectivity index is 4.60. The Bertz CT molecular complexity index is 760. The third-order valence-electron chi connectivity index (χ3n) is 10.5. The van der Waals surface area contributed by atoms with Crippen LogP contribution in [0.25, 0.3) is 0 Å². The monoisotopic (exact) mass is 770 g/mol. The van der Waals surface area contributed by atoms with Crippen molar-refractivity contribution in [2.45, 2.75) is 240 Å². The van der Waals surface area contributed by atoms with Gasteiger partial charge in [-0.25, -0.2) is 4.79 Å². The maximum Gasteiger partial charge on any atom is 0.508 e. The lowest BCUT2D eigenvalue weighted by Crippen LogP contribution is -2.24. The van der Waals surface area contributed by atoms with Gasteiger partial charge in [0.1, 0.15) is 6.10 Å². The minimum absolute atomic E-state index is 0.194. The average molecular weight is 770 g/mol. The predicted octanol–water partition coefficient (Wildman–Crippen LogP) is 13.5. The molecule has 0 amide bonds. The highest BCUT2D eigenvalue weighted by atomic mass is 16.7. The van der Waals surface area contributed by atoms with E-state index in [0.29, 0.717) is 19.4 Å². The predicted molar refractivity (Wildman–Crippen MR) is 226 cm³/mol. The van der Waals surface area contributed by atoms with E-state index < -0.39 is 6.16 Å². The molecule has 0 fully saturated rings. The van der Waals surface area contributed by atoms with E-state index in [1.165, 1.54) is 116 Å². The number of hydrogen-bond donors (Lipinski definition) is 0. The van der Waals surface area contributed by atoms with Crippen LogP contribution in [0.1, 0.15) is 227 Å². The van der Waals surface area contributed by atoms with E-state index in [2.05, 4.69) is 39.5 Å². The fraction of sp³-hybridized carbons (Fsp3) is 0.957. The first-order valence-corrected chi connectivity index (χ1v) is 23.4. The third-order valence-corrected chi connectivity index (χ3v) is 10.5. The van der Waals surface area contributed by atoms with Crippen molar-refractivity contribution in [3.8, 4) is 0 Å². The van der Waals surface area contributed by atoms with Crippen molar-refractivity contribution in [3.63, 3.8) is 0 Å². The molecule has 0 N–H and O–H groups in total. The van der Waals surface area contributed by atoms with Gasteiger partial charge in [-0.05, 0) is 77.4 Å². The quantitative estimate of drug-likeness (QED) is 0.0344. The van der Waals surface area contributed by atoms with Gasteiger partial charge in [0, 0.05) is 26.1 Å². The normalized spacial score (nSPS) is 12.1. The Hall–Kier alpha value is -1.38. The molecule has 0 bridgehead atoms. The summed E-state index contributed by atoms with van der Waals surface area (Å²) in [5.74, 6) is -0.194. The van der Waals surface area contributed by atoms with Crippen molar-refractivity contribution >= 4 is 12.1 Å². The van der Waals surface area contributed by atoms with Gasteiger partial charge in [0.25, 0.3) is 0 Å². The number of nitrogens with zero attached hydrogens (tertiary/aromatic N) is 1. The minimum Gasteiger partial charge on any atom is -0.466 e. The van der Waals surface area contributed by atoms with Crippen molar-refractivity contribution in [2.24, 2.45) is 0 Å². The fourth-order valence-corrected chi connectivity index (χ4v) is 6.79. The summed E-state index contributed by atoms with van der Waals surface area (Å²) in [6.45, 7) is 16.3. The number of unbranched alkanes of at least 4 members (excludes halogenated alkanes) is 21. The van der Waals surface area contributed by atoms with Gasteiger partial charge in [0.05, 0.1) is 13.2 Å². The molecule has 322 valence electrons. The van der Waals surface area contributed by atoms with Gasteiger partial charge in [-0.1, -0.05) is 157 Å². The molecule has 0 aromatic carbocycles. The standard InChI is InChI=1S/C46H91NO7/c1-6-11-14-17-20-21-22-23-24-27-34-43(54-46(49)53-41-33-30-38-47(9-4)10-5)37-42-50-44(48)35-28-29-36-45(51-39-31-25-18-15-12-7-2)52-40-32-26-19-16-13-8-3/h43,45H,6-42H2,1-5H3. The number of esters is 1. The van der Waals surface area contributed by atoms with Crippen LogP contribution in [-0.4, -0.2) is 75.5 Å². The molecule has 0 heterocycles. The second-order valence-corrected chi connectivity index (χ2v) is 15.5. The molecule has 0 aromatic rings. The highest BCUT2D eigenvalue weighted by molar-refractivity contribution is 5.69. The van der Waals surface area contributed by atoms with Crippen LogP contribution in [0.4, 0.5) is 4.79 Å². The Morgan fingerprint density at radius 1 is 0.444 bits per heavy atom. The first-order chi connectivity index (χ1) is 26.5. The fourth-order valence-electron chi connectivity index (χ4n) is 6.79. The van der Waals surface area contributed by atoms with Crippen LogP contribution < -0.4 is 0 Å². The molecule has 0 aromatic heterocycles. The second-order valence-electron chi connectivity index (χ2n) is 15.5. The van der Waals surface area contributed by atoms with Crippen LogP contribution in [0.3, 0.4) is 0 Å². The summed E-state index contributed by atoms with van der Waals surface area (Å²) < 4.78 is 29.1. The molecular formula is C46H91NO7. The van der Waals surface area contributed by atoms with Crippen LogP contribution in [0.5, 0.6) is 0 Å². The summed E-state index contributed by atoms with van der Waals surface area (Å²) in [6, 6.07) is 0. The SMILES string of the molecule is CCCCCCCCCCCCC(CCOC(=O)CCCCC(OCCCCCCCC)OCCCCCCCC)OC(=O)OCCCCN(CC)CC. The van der Waals surface area contributed by atoms with E-state index in [9.17, 15) is 9.59 Å². The number of ether oxygens (including phenoxy) is 5. The molecule has 0 spiro atoms. The topological polar surface area (TPSA) is 83.5 Å². The van der Waals surface area contributed by atoms with E-state index in [1.54, 1.807) is 0 Å². The number of rotatable bonds is 43. The van der Waals surface area contributed by atoms with Gasteiger partial charge < -0.3 is 28.6 Å². The summed E-state index contributed by atoms with van der Waals surface area (Å²) in [7, 11) is 0. The summed E-state index contributed by atoms with van der Waals surface area (Å²) in [5, 5.41) is 0. The van der Waals surface area contributed by atoms with Crippen LogP contribution in [0.15, 0.2) is 0 Å². The molecule has 0 aliphatic heterocycles. The number of carbonyl (C=O) groups excluding carboxylic acids is 2. The smallest absolute Gasteiger partial charge is 0.466 e. The minimum atomic E-state index is -0.603. The zero-order chi connectivity index (χ0) is 39.6. The van der Waals surface area contributed by atoms with Crippen molar-refractivity contribution < 1.29 is 33.3 Å². The molecular weight excluding hydrogens is 679 g/mol. The summed E-state index contributed by atoms with van der Waals surface area (Å²) >= 11 is 0. The molecule has 54 heavy (non-hydrogen) atoms. The first-order valence-electron chi connectivity index (χ1n) is 23.4. The Morgan fingerprint density at radius 3 is 1.43 bits per heavy atom. The lowest BCUT2D eigenvalue weighted by Gasteiger charge is -2.19. The maximum atomic E-state index is 12.6. The van der Waals surface area contributed by atoms with Gasteiger partial charge in [-0.2, -0.15) is 0 Å². The van der Waals surface area contributed by atoms with Gasteiger partial charge in [-0.3, -0.25) is 4.79 Å². The van der Waals surface area contributed by atoms with Crippen LogP contribution >= 0.6 is 0 Å². The summed E-state index contributed by atoms with van der Waals surface area (Å²) in [4.78, 5) is 27.6. The third kappa shape index (κ3) is 37.5. The molecule has 0 aliphatic carbocycles. The van der Waals surface area contributed by atoms with Crippen LogP contribution in [0, 0.1) is 0 Å². The Labute approximate surface area is 335 Å². The number of hydrogen-bond acceptors (Lipinski definition) is 8. The van der Waals surface area contributed by atoms with E-state index in [1.807, 2.05) is 0 Å². The van der Waals surface area contributed by atoms with Crippen molar-refractivity contribution in [1.29, 1.82) is 0 Å². The van der Waals surface area contributed by atoms with Gasteiger partial charge in [-0.15, -0.1) is 0 Å². The molecule has 8 nitrogen and oxygen atoms in total. The maximum absolute atomic E-state index is 12.6. The van der Waals surface area contributed by atoms with Crippen LogP contribution in [0.2, 0.25) is 0 Å². The van der Waals surface area contributed by atoms with Gasteiger partial charge in [0.15, 0.2) is 6.29 Å². The van der Waals surface area contributed by atoms with Crippen LogP contribution in [-0.2, 0) is 28.5 Å². The second kappa shape index (κ2) is 42.8. The highest BCUT2D eigenvalue weighted by Crippen LogP contribution is 2.17. The van der Waals surface area contributed by atoms with Crippen molar-refractivity contribution in [2.75, 3.05) is 46.1 Å². The lowest BCUT2D eigenvalue weighted by molar-refractivity contribution is -0.150. The Kier molecular flexibility index (Phi) is 41.7. The van der Waals surface area contributed by atoms with E-state index in [0.717, 1.165) is 97.1 Å². The van der Waals surface area contributed by atoms with Crippen molar-refractivity contribution in [3.05, 3.63) is 0 Å². The average Bonchev–Trinajstić information content (AvgIpc) is 3.17.